The highest BCUT2D eigenvalue weighted by atomic mass is 16.4. The Kier molecular flexibility index (Phi) is 3.53. The van der Waals surface area contributed by atoms with Crippen LogP contribution in [-0.2, 0) is 0 Å². The largest absolute Gasteiger partial charge is 0.408 e. The molecule has 1 aromatic carbocycles. The molecular weight excluding hydrogens is 292 g/mol. The fourth-order valence-corrected chi connectivity index (χ4v) is 2.64. The SMILES string of the molecule is CC(Nc1nnc(C2CCC2)o1)c1ccc(-n2cncn2)cc1. The molecule has 0 radical (unpaired) electrons. The Hall–Kier alpha value is -2.70. The van der Waals surface area contributed by atoms with Crippen LogP contribution in [-0.4, -0.2) is 25.0 Å². The molecule has 0 saturated heterocycles. The molecule has 1 aliphatic rings. The van der Waals surface area contributed by atoms with Gasteiger partial charge in [0.25, 0.3) is 0 Å². The van der Waals surface area contributed by atoms with Gasteiger partial charge in [-0.25, -0.2) is 9.67 Å². The molecule has 3 aromatic rings. The predicted molar refractivity (Wildman–Crippen MR) is 84.3 cm³/mol. The Labute approximate surface area is 133 Å². The molecule has 0 aliphatic heterocycles. The Balaban J connectivity index is 1.44. The van der Waals surface area contributed by atoms with Gasteiger partial charge in [0.15, 0.2) is 0 Å². The van der Waals surface area contributed by atoms with Crippen LogP contribution >= 0.6 is 0 Å². The van der Waals surface area contributed by atoms with E-state index in [-0.39, 0.29) is 6.04 Å². The maximum atomic E-state index is 5.71. The minimum absolute atomic E-state index is 0.0782. The van der Waals surface area contributed by atoms with Crippen molar-refractivity contribution in [3.63, 3.8) is 0 Å². The number of rotatable bonds is 5. The number of nitrogens with one attached hydrogen (secondary N) is 1. The second kappa shape index (κ2) is 5.83. The fraction of sp³-hybridized carbons (Fsp3) is 0.375. The number of anilines is 1. The minimum atomic E-state index is 0.0782. The van der Waals surface area contributed by atoms with Crippen LogP contribution < -0.4 is 5.32 Å². The van der Waals surface area contributed by atoms with Crippen molar-refractivity contribution in [2.45, 2.75) is 38.1 Å². The van der Waals surface area contributed by atoms with E-state index in [1.165, 1.54) is 12.7 Å². The van der Waals surface area contributed by atoms with E-state index in [0.717, 1.165) is 30.0 Å². The number of aromatic nitrogens is 5. The van der Waals surface area contributed by atoms with Gasteiger partial charge in [-0.05, 0) is 37.5 Å². The fourth-order valence-electron chi connectivity index (χ4n) is 2.64. The van der Waals surface area contributed by atoms with E-state index < -0.39 is 0 Å². The summed E-state index contributed by atoms with van der Waals surface area (Å²) in [4.78, 5) is 3.95. The summed E-state index contributed by atoms with van der Waals surface area (Å²) in [7, 11) is 0. The van der Waals surface area contributed by atoms with Gasteiger partial charge in [-0.3, -0.25) is 0 Å². The normalized spacial score (nSPS) is 16.0. The molecular formula is C16H18N6O. The van der Waals surface area contributed by atoms with Crippen LogP contribution in [0.5, 0.6) is 0 Å². The maximum absolute atomic E-state index is 5.71. The summed E-state index contributed by atoms with van der Waals surface area (Å²) >= 11 is 0. The summed E-state index contributed by atoms with van der Waals surface area (Å²) in [5.74, 6) is 1.21. The monoisotopic (exact) mass is 310 g/mol. The van der Waals surface area contributed by atoms with Crippen molar-refractivity contribution < 1.29 is 4.42 Å². The average molecular weight is 310 g/mol. The van der Waals surface area contributed by atoms with Gasteiger partial charge in [0.05, 0.1) is 11.7 Å². The van der Waals surface area contributed by atoms with Crippen LogP contribution in [0.4, 0.5) is 6.01 Å². The van der Waals surface area contributed by atoms with E-state index in [0.29, 0.717) is 11.9 Å². The van der Waals surface area contributed by atoms with Crippen LogP contribution in [0.1, 0.15) is 49.6 Å². The number of nitrogens with zero attached hydrogens (tertiary/aromatic N) is 5. The first-order valence-corrected chi connectivity index (χ1v) is 7.84. The summed E-state index contributed by atoms with van der Waals surface area (Å²) in [5.41, 5.74) is 2.11. The molecule has 1 atom stereocenters. The molecule has 0 amide bonds. The third-order valence-corrected chi connectivity index (χ3v) is 4.31. The highest BCUT2D eigenvalue weighted by Gasteiger charge is 2.25. The van der Waals surface area contributed by atoms with E-state index in [9.17, 15) is 0 Å². The van der Waals surface area contributed by atoms with Crippen molar-refractivity contribution in [2.75, 3.05) is 5.32 Å². The molecule has 1 unspecified atom stereocenters. The molecule has 2 aromatic heterocycles. The standard InChI is InChI=1S/C16H18N6O/c1-11(19-16-21-20-15(23-16)13-3-2-4-13)12-5-7-14(8-6-12)22-10-17-9-18-22/h5-11,13H,2-4H2,1H3,(H,19,21). The lowest BCUT2D eigenvalue weighted by molar-refractivity contribution is 0.338. The zero-order valence-corrected chi connectivity index (χ0v) is 12.9. The molecule has 23 heavy (non-hydrogen) atoms. The lowest BCUT2D eigenvalue weighted by Gasteiger charge is -2.20. The average Bonchev–Trinajstić information content (AvgIpc) is 3.18. The van der Waals surface area contributed by atoms with E-state index in [1.807, 2.05) is 12.1 Å². The minimum Gasteiger partial charge on any atom is -0.408 e. The van der Waals surface area contributed by atoms with Gasteiger partial charge in [0.1, 0.15) is 12.7 Å². The van der Waals surface area contributed by atoms with E-state index in [4.69, 9.17) is 4.42 Å². The van der Waals surface area contributed by atoms with Gasteiger partial charge >= 0.3 is 6.01 Å². The van der Waals surface area contributed by atoms with Crippen molar-refractivity contribution in [1.29, 1.82) is 0 Å². The second-order valence-electron chi connectivity index (χ2n) is 5.87. The van der Waals surface area contributed by atoms with Crippen molar-refractivity contribution in [3.05, 3.63) is 48.4 Å². The quantitative estimate of drug-likeness (QED) is 0.780. The topological polar surface area (TPSA) is 81.7 Å². The van der Waals surface area contributed by atoms with Gasteiger partial charge in [-0.2, -0.15) is 5.10 Å². The Morgan fingerprint density at radius 3 is 2.70 bits per heavy atom. The van der Waals surface area contributed by atoms with Crippen LogP contribution in [0.25, 0.3) is 5.69 Å². The summed E-state index contributed by atoms with van der Waals surface area (Å²) in [6, 6.07) is 8.69. The highest BCUT2D eigenvalue weighted by molar-refractivity contribution is 5.36. The predicted octanol–water partition coefficient (Wildman–Crippen LogP) is 3.09. The lowest BCUT2D eigenvalue weighted by Crippen LogP contribution is -2.09. The first-order chi connectivity index (χ1) is 11.3. The molecule has 1 N–H and O–H groups in total. The smallest absolute Gasteiger partial charge is 0.315 e. The molecule has 1 aliphatic carbocycles. The summed E-state index contributed by atoms with van der Waals surface area (Å²) < 4.78 is 7.43. The molecule has 7 heteroatoms. The van der Waals surface area contributed by atoms with E-state index >= 15 is 0 Å². The van der Waals surface area contributed by atoms with Crippen molar-refractivity contribution >= 4 is 6.01 Å². The van der Waals surface area contributed by atoms with E-state index in [2.05, 4.69) is 44.7 Å². The molecule has 7 nitrogen and oxygen atoms in total. The van der Waals surface area contributed by atoms with Gasteiger partial charge < -0.3 is 9.73 Å². The molecule has 118 valence electrons. The second-order valence-corrected chi connectivity index (χ2v) is 5.87. The first kappa shape index (κ1) is 13.9. The zero-order chi connectivity index (χ0) is 15.6. The Morgan fingerprint density at radius 2 is 2.04 bits per heavy atom. The Morgan fingerprint density at radius 1 is 1.22 bits per heavy atom. The van der Waals surface area contributed by atoms with Crippen molar-refractivity contribution in [1.82, 2.24) is 25.0 Å². The van der Waals surface area contributed by atoms with Crippen molar-refractivity contribution in [2.24, 2.45) is 0 Å². The van der Waals surface area contributed by atoms with Crippen LogP contribution in [0, 0.1) is 0 Å². The zero-order valence-electron chi connectivity index (χ0n) is 12.9. The van der Waals surface area contributed by atoms with Crippen molar-refractivity contribution in [3.8, 4) is 5.69 Å². The third kappa shape index (κ3) is 2.81. The molecule has 1 saturated carbocycles. The molecule has 0 spiro atoms. The van der Waals surface area contributed by atoms with Crippen LogP contribution in [0.2, 0.25) is 0 Å². The van der Waals surface area contributed by atoms with Crippen LogP contribution in [0.15, 0.2) is 41.3 Å². The highest BCUT2D eigenvalue weighted by Crippen LogP contribution is 2.36. The van der Waals surface area contributed by atoms with Gasteiger partial charge in [0, 0.05) is 5.92 Å². The summed E-state index contributed by atoms with van der Waals surface area (Å²) in [6.07, 6.45) is 6.76. The number of hydrogen-bond donors (Lipinski definition) is 1. The summed E-state index contributed by atoms with van der Waals surface area (Å²) in [5, 5.41) is 15.6. The Bertz CT molecular complexity index is 760. The molecule has 2 heterocycles. The number of benzene rings is 1. The number of hydrogen-bond acceptors (Lipinski definition) is 6. The van der Waals surface area contributed by atoms with Gasteiger partial charge in [-0.1, -0.05) is 23.7 Å². The summed E-state index contributed by atoms with van der Waals surface area (Å²) in [6.45, 7) is 2.07. The molecule has 4 rings (SSSR count). The molecule has 1 fully saturated rings. The molecule has 0 bridgehead atoms. The van der Waals surface area contributed by atoms with E-state index in [1.54, 1.807) is 11.0 Å². The van der Waals surface area contributed by atoms with Gasteiger partial charge in [0.2, 0.25) is 5.89 Å². The van der Waals surface area contributed by atoms with Gasteiger partial charge in [-0.15, -0.1) is 5.10 Å². The third-order valence-electron chi connectivity index (χ3n) is 4.31. The van der Waals surface area contributed by atoms with Crippen LogP contribution in [0.3, 0.4) is 0 Å². The first-order valence-electron chi connectivity index (χ1n) is 7.84. The lowest BCUT2D eigenvalue weighted by atomic mass is 9.85. The maximum Gasteiger partial charge on any atom is 0.315 e.